The van der Waals surface area contributed by atoms with Gasteiger partial charge in [0.1, 0.15) is 104 Å². The molecule has 27 heteroatoms. The van der Waals surface area contributed by atoms with Crippen LogP contribution in [-0.2, 0) is 47.4 Å². The van der Waals surface area contributed by atoms with Crippen LogP contribution >= 0.6 is 0 Å². The highest BCUT2D eigenvalue weighted by molar-refractivity contribution is 4.98. The monoisotopic (exact) mass is 893 g/mol. The first-order valence-corrected chi connectivity index (χ1v) is 19.8. The van der Waals surface area contributed by atoms with Crippen molar-refractivity contribution >= 4 is 0 Å². The molecule has 25 unspecified atom stereocenters. The van der Waals surface area contributed by atoms with Crippen LogP contribution in [0.5, 0.6) is 0 Å². The highest BCUT2D eigenvalue weighted by atomic mass is 16.8. The van der Waals surface area contributed by atoms with Gasteiger partial charge in [0.25, 0.3) is 0 Å². The van der Waals surface area contributed by atoms with E-state index in [1.807, 2.05) is 0 Å². The lowest BCUT2D eigenvalue weighted by Crippen LogP contribution is -2.67. The quantitative estimate of drug-likeness (QED) is 0.0279. The highest BCUT2D eigenvalue weighted by Gasteiger charge is 2.56. The third-order valence-corrected chi connectivity index (χ3v) is 11.3. The maximum Gasteiger partial charge on any atom is 0.187 e. The Labute approximate surface area is 347 Å². The summed E-state index contributed by atoms with van der Waals surface area (Å²) in [5, 5.41) is 152. The van der Waals surface area contributed by atoms with Crippen LogP contribution in [0.4, 0.5) is 0 Å². The van der Waals surface area contributed by atoms with E-state index < -0.39 is 180 Å². The normalized spacial score (nSPS) is 49.6. The average Bonchev–Trinajstić information content (AvgIpc) is 3.25. The smallest absolute Gasteiger partial charge is 0.187 e. The second-order valence-corrected chi connectivity index (χ2v) is 15.5. The molecule has 0 aromatic carbocycles. The average molecular weight is 894 g/mol. The summed E-state index contributed by atoms with van der Waals surface area (Å²) >= 11 is 0. The molecule has 5 aliphatic heterocycles. The van der Waals surface area contributed by atoms with Crippen molar-refractivity contribution in [3.8, 4) is 0 Å². The number of ether oxygens (including phenoxy) is 10. The number of hydrogen-bond donors (Lipinski definition) is 14. The van der Waals surface area contributed by atoms with Gasteiger partial charge < -0.3 is 119 Å². The van der Waals surface area contributed by atoms with Gasteiger partial charge in [0.2, 0.25) is 0 Å². The fourth-order valence-electron chi connectivity index (χ4n) is 7.64. The maximum atomic E-state index is 11.6. The van der Waals surface area contributed by atoms with Gasteiger partial charge in [-0.25, -0.2) is 0 Å². The van der Waals surface area contributed by atoms with Crippen molar-refractivity contribution in [2.75, 3.05) is 39.6 Å². The first kappa shape index (κ1) is 50.4. The van der Waals surface area contributed by atoms with Crippen LogP contribution in [0.25, 0.3) is 10.4 Å². The lowest BCUT2D eigenvalue weighted by atomic mass is 9.91. The van der Waals surface area contributed by atoms with Crippen molar-refractivity contribution in [2.24, 2.45) is 11.0 Å². The molecule has 0 radical (unpaired) electrons. The number of aliphatic hydroxyl groups excluding tert-OH is 14. The third kappa shape index (κ3) is 11.1. The van der Waals surface area contributed by atoms with Gasteiger partial charge >= 0.3 is 0 Å². The predicted molar refractivity (Wildman–Crippen MR) is 191 cm³/mol. The lowest BCUT2D eigenvalue weighted by molar-refractivity contribution is -0.394. The van der Waals surface area contributed by atoms with E-state index in [0.29, 0.717) is 0 Å². The molecule has 25 atom stereocenters. The zero-order valence-corrected chi connectivity index (χ0v) is 33.1. The molecule has 0 aromatic rings. The molecule has 61 heavy (non-hydrogen) atoms. The van der Waals surface area contributed by atoms with E-state index in [1.165, 1.54) is 13.8 Å². The topological polar surface area (TPSA) is 424 Å². The first-order chi connectivity index (χ1) is 29.0. The second-order valence-electron chi connectivity index (χ2n) is 15.5. The van der Waals surface area contributed by atoms with E-state index in [1.54, 1.807) is 0 Å². The van der Waals surface area contributed by atoms with E-state index in [9.17, 15) is 71.5 Å². The molecular weight excluding hydrogens is 834 g/mol. The summed E-state index contributed by atoms with van der Waals surface area (Å²) in [4.78, 5) is 2.61. The molecule has 27 nitrogen and oxygen atoms in total. The Morgan fingerprint density at radius 3 is 1.56 bits per heavy atom. The van der Waals surface area contributed by atoms with E-state index in [2.05, 4.69) is 10.0 Å². The molecule has 0 aromatic heterocycles. The van der Waals surface area contributed by atoms with Crippen LogP contribution in [0.15, 0.2) is 5.11 Å². The molecule has 5 saturated heterocycles. The van der Waals surface area contributed by atoms with Crippen molar-refractivity contribution in [2.45, 2.75) is 168 Å². The Balaban J connectivity index is 1.28. The molecule has 14 N–H and O–H groups in total. The third-order valence-electron chi connectivity index (χ3n) is 11.3. The van der Waals surface area contributed by atoms with Gasteiger partial charge in [-0.05, 0) is 18.9 Å². The molecule has 5 rings (SSSR count). The largest absolute Gasteiger partial charge is 0.394 e. The van der Waals surface area contributed by atoms with Crippen molar-refractivity contribution in [1.29, 1.82) is 0 Å². The Bertz CT molecular complexity index is 1390. The minimum atomic E-state index is -1.97. The molecule has 5 heterocycles. The van der Waals surface area contributed by atoms with Gasteiger partial charge in [0, 0.05) is 24.0 Å². The molecule has 0 amide bonds. The van der Waals surface area contributed by atoms with Gasteiger partial charge in [0.05, 0.1) is 38.6 Å². The number of hydrogen-bond acceptors (Lipinski definition) is 25. The van der Waals surface area contributed by atoms with Crippen LogP contribution in [0, 0.1) is 5.92 Å². The van der Waals surface area contributed by atoms with Crippen LogP contribution in [-0.4, -0.2) is 258 Å². The van der Waals surface area contributed by atoms with Gasteiger partial charge in [-0.15, -0.1) is 0 Å². The zero-order chi connectivity index (χ0) is 44.9. The summed E-state index contributed by atoms with van der Waals surface area (Å²) in [6.07, 6.45) is -39.7. The van der Waals surface area contributed by atoms with E-state index >= 15 is 0 Å². The molecular formula is C34H59N3O24. The predicted octanol–water partition coefficient (Wildman–Crippen LogP) is -7.90. The van der Waals surface area contributed by atoms with Crippen molar-refractivity contribution < 1.29 is 119 Å². The molecule has 0 aliphatic carbocycles. The van der Waals surface area contributed by atoms with Gasteiger partial charge in [-0.3, -0.25) is 0 Å². The number of azide groups is 1. The van der Waals surface area contributed by atoms with Crippen LogP contribution < -0.4 is 0 Å². The van der Waals surface area contributed by atoms with E-state index in [0.717, 1.165) is 0 Å². The highest BCUT2D eigenvalue weighted by Crippen LogP contribution is 2.37. The Kier molecular flexibility index (Phi) is 18.6. The van der Waals surface area contributed by atoms with Crippen molar-refractivity contribution in [3.63, 3.8) is 0 Å². The van der Waals surface area contributed by atoms with Crippen LogP contribution in [0.1, 0.15) is 20.3 Å². The van der Waals surface area contributed by atoms with Gasteiger partial charge in [0.15, 0.2) is 31.5 Å². The molecule has 0 bridgehead atoms. The number of rotatable bonds is 17. The fourth-order valence-corrected chi connectivity index (χ4v) is 7.64. The Morgan fingerprint density at radius 1 is 0.459 bits per heavy atom. The summed E-state index contributed by atoms with van der Waals surface area (Å²) in [5.74, 6) is -1.17. The van der Waals surface area contributed by atoms with E-state index in [-0.39, 0.29) is 19.6 Å². The fraction of sp³-hybridized carbons (Fsp3) is 1.00. The second kappa shape index (κ2) is 22.5. The molecule has 0 saturated carbocycles. The summed E-state index contributed by atoms with van der Waals surface area (Å²) in [6.45, 7) is -0.616. The van der Waals surface area contributed by atoms with Gasteiger partial charge in [-0.1, -0.05) is 12.0 Å². The molecule has 0 spiro atoms. The summed E-state index contributed by atoms with van der Waals surface area (Å²) in [5.41, 5.74) is 8.42. The molecule has 354 valence electrons. The van der Waals surface area contributed by atoms with Crippen LogP contribution in [0.2, 0.25) is 0 Å². The molecule has 5 fully saturated rings. The standard InChI is InChI=1S/C34H59N3O24/c1-10-16(42)26(59-34-29(21(47)18(44)12(6-38)55-34)61-32-23(49)20(46)17(43)11(2)53-32)14(8-40)56-30(10)60-28-19(45)13(7-39)54-33(25(28)51)58-27-15(9-41)57-31(24(50)22(27)48)52-5-3-4-36-37-35/h10-34,38-51H,3-9H2,1-2H3. The maximum absolute atomic E-state index is 11.6. The Morgan fingerprint density at radius 2 is 0.934 bits per heavy atom. The lowest BCUT2D eigenvalue weighted by Gasteiger charge is -2.50. The van der Waals surface area contributed by atoms with Crippen molar-refractivity contribution in [1.82, 2.24) is 0 Å². The Hall–Kier alpha value is -1.65. The van der Waals surface area contributed by atoms with E-state index in [4.69, 9.17) is 52.9 Å². The zero-order valence-electron chi connectivity index (χ0n) is 33.1. The minimum absolute atomic E-state index is 0.0593. The summed E-state index contributed by atoms with van der Waals surface area (Å²) in [6, 6.07) is 0. The molecule has 5 aliphatic rings. The SMILES string of the molecule is CC1OC(OC2C(OC3C(CO)OC(OC4C(O)C(CO)OC(OC5C(CO)OC(OCCCN=[N+]=[N-])C(O)C5O)C4O)C(C)C3O)OC(CO)C(O)C2O)C(O)C(O)C1O. The van der Waals surface area contributed by atoms with Gasteiger partial charge in [-0.2, -0.15) is 0 Å². The number of nitrogens with zero attached hydrogens (tertiary/aromatic N) is 3. The summed E-state index contributed by atoms with van der Waals surface area (Å²) < 4.78 is 57.1. The number of aliphatic hydroxyl groups is 14. The van der Waals surface area contributed by atoms with Crippen LogP contribution in [0.3, 0.4) is 0 Å². The minimum Gasteiger partial charge on any atom is -0.394 e. The van der Waals surface area contributed by atoms with Crippen molar-refractivity contribution in [3.05, 3.63) is 10.4 Å². The first-order valence-electron chi connectivity index (χ1n) is 19.8. The summed E-state index contributed by atoms with van der Waals surface area (Å²) in [7, 11) is 0.